The van der Waals surface area contributed by atoms with Crippen molar-refractivity contribution in [1.29, 1.82) is 5.26 Å². The smallest absolute Gasteiger partial charge is 0.0656 e. The maximum atomic E-state index is 9.07. The van der Waals surface area contributed by atoms with Gasteiger partial charge in [-0.15, -0.1) is 0 Å². The first-order chi connectivity index (χ1) is 9.26. The molecule has 19 heavy (non-hydrogen) atoms. The molecule has 1 N–H and O–H groups in total. The van der Waals surface area contributed by atoms with Crippen molar-refractivity contribution < 1.29 is 0 Å². The number of hydrogen-bond acceptors (Lipinski definition) is 2. The second-order valence-electron chi connectivity index (χ2n) is 5.79. The first kappa shape index (κ1) is 13.1. The highest BCUT2D eigenvalue weighted by molar-refractivity contribution is 9.10. The van der Waals surface area contributed by atoms with Gasteiger partial charge in [0.2, 0.25) is 0 Å². The van der Waals surface area contributed by atoms with Crippen LogP contribution in [-0.4, -0.2) is 6.04 Å². The van der Waals surface area contributed by atoms with E-state index in [0.29, 0.717) is 12.1 Å². The van der Waals surface area contributed by atoms with Gasteiger partial charge in [-0.25, -0.2) is 0 Å². The van der Waals surface area contributed by atoms with E-state index in [-0.39, 0.29) is 5.92 Å². The molecule has 2 nitrogen and oxygen atoms in total. The number of benzene rings is 1. The van der Waals surface area contributed by atoms with Crippen molar-refractivity contribution >= 4 is 15.9 Å². The zero-order valence-corrected chi connectivity index (χ0v) is 12.6. The zero-order valence-electron chi connectivity index (χ0n) is 11.0. The Morgan fingerprint density at radius 1 is 1.26 bits per heavy atom. The van der Waals surface area contributed by atoms with Crippen molar-refractivity contribution in [1.82, 2.24) is 5.32 Å². The Bertz CT molecular complexity index is 506. The molecular formula is C16H19BrN2. The van der Waals surface area contributed by atoms with Gasteiger partial charge in [0.05, 0.1) is 6.07 Å². The molecule has 0 aliphatic heterocycles. The number of hydrogen-bond donors (Lipinski definition) is 1. The largest absolute Gasteiger partial charge is 0.307 e. The van der Waals surface area contributed by atoms with Crippen molar-refractivity contribution in [2.75, 3.05) is 0 Å². The molecule has 0 heterocycles. The normalized spacial score (nSPS) is 29.8. The molecule has 2 aliphatic carbocycles. The van der Waals surface area contributed by atoms with E-state index in [0.717, 1.165) is 12.8 Å². The van der Waals surface area contributed by atoms with Crippen LogP contribution in [0, 0.1) is 17.2 Å². The fourth-order valence-electron chi connectivity index (χ4n) is 3.50. The van der Waals surface area contributed by atoms with E-state index in [1.807, 2.05) is 0 Å². The Kier molecular flexibility index (Phi) is 3.91. The van der Waals surface area contributed by atoms with Crippen LogP contribution < -0.4 is 5.32 Å². The molecule has 0 aromatic heterocycles. The van der Waals surface area contributed by atoms with Crippen LogP contribution in [0.1, 0.15) is 49.3 Å². The van der Waals surface area contributed by atoms with E-state index in [2.05, 4.69) is 45.5 Å². The Morgan fingerprint density at radius 2 is 2.16 bits per heavy atom. The van der Waals surface area contributed by atoms with E-state index < -0.39 is 0 Å². The van der Waals surface area contributed by atoms with Gasteiger partial charge in [0.25, 0.3) is 0 Å². The van der Waals surface area contributed by atoms with Gasteiger partial charge in [-0.05, 0) is 55.4 Å². The number of nitriles is 1. The fourth-order valence-corrected chi connectivity index (χ4v) is 3.91. The summed E-state index contributed by atoms with van der Waals surface area (Å²) in [6, 6.07) is 10.1. The van der Waals surface area contributed by atoms with Gasteiger partial charge < -0.3 is 5.32 Å². The molecule has 0 spiro atoms. The lowest BCUT2D eigenvalue weighted by molar-refractivity contribution is 0.301. The first-order valence-corrected chi connectivity index (χ1v) is 7.99. The molecule has 3 rings (SSSR count). The van der Waals surface area contributed by atoms with E-state index in [4.69, 9.17) is 5.26 Å². The SMILES string of the molecule is N#C[C@@H]1CCC[C@H](N[C@H]2CCc3cc(Br)ccc32)C1. The highest BCUT2D eigenvalue weighted by Gasteiger charge is 2.28. The number of rotatable bonds is 2. The van der Waals surface area contributed by atoms with Crippen molar-refractivity contribution in [3.05, 3.63) is 33.8 Å². The Morgan fingerprint density at radius 3 is 3.00 bits per heavy atom. The first-order valence-electron chi connectivity index (χ1n) is 7.20. The maximum absolute atomic E-state index is 9.07. The van der Waals surface area contributed by atoms with Crippen molar-refractivity contribution in [2.45, 2.75) is 50.6 Å². The minimum Gasteiger partial charge on any atom is -0.307 e. The molecule has 3 heteroatoms. The average Bonchev–Trinajstić information content (AvgIpc) is 2.81. The van der Waals surface area contributed by atoms with E-state index in [1.54, 1.807) is 0 Å². The van der Waals surface area contributed by atoms with Crippen LogP contribution in [0.3, 0.4) is 0 Å². The Balaban J connectivity index is 1.68. The molecule has 1 saturated carbocycles. The molecule has 3 atom stereocenters. The van der Waals surface area contributed by atoms with Gasteiger partial charge in [-0.3, -0.25) is 0 Å². The summed E-state index contributed by atoms with van der Waals surface area (Å²) in [6.07, 6.45) is 6.89. The highest BCUT2D eigenvalue weighted by Crippen LogP contribution is 2.35. The van der Waals surface area contributed by atoms with Crippen LogP contribution in [0.15, 0.2) is 22.7 Å². The second-order valence-corrected chi connectivity index (χ2v) is 6.71. The lowest BCUT2D eigenvalue weighted by atomic mass is 9.86. The third-order valence-electron chi connectivity index (χ3n) is 4.48. The molecular weight excluding hydrogens is 300 g/mol. The molecule has 0 bridgehead atoms. The van der Waals surface area contributed by atoms with Gasteiger partial charge in [0.15, 0.2) is 0 Å². The number of nitrogens with one attached hydrogen (secondary N) is 1. The molecule has 1 aromatic carbocycles. The standard InChI is InChI=1S/C16H19BrN2/c17-13-5-6-15-12(9-13)4-7-16(15)19-14-3-1-2-11(8-14)10-18/h5-6,9,11,14,16,19H,1-4,7-8H2/t11-,14+,16+/m1/s1. The average molecular weight is 319 g/mol. The molecule has 1 fully saturated rings. The minimum absolute atomic E-state index is 0.261. The topological polar surface area (TPSA) is 35.8 Å². The van der Waals surface area contributed by atoms with Crippen LogP contribution in [0.5, 0.6) is 0 Å². The predicted molar refractivity (Wildman–Crippen MR) is 79.7 cm³/mol. The van der Waals surface area contributed by atoms with Gasteiger partial charge >= 0.3 is 0 Å². The summed E-state index contributed by atoms with van der Waals surface area (Å²) in [5.74, 6) is 0.261. The van der Waals surface area contributed by atoms with Crippen LogP contribution in [0.2, 0.25) is 0 Å². The Hall–Kier alpha value is -0.850. The van der Waals surface area contributed by atoms with Crippen LogP contribution >= 0.6 is 15.9 Å². The predicted octanol–water partition coefficient (Wildman–Crippen LogP) is 4.11. The van der Waals surface area contributed by atoms with Crippen molar-refractivity contribution in [3.8, 4) is 6.07 Å². The molecule has 2 aliphatic rings. The van der Waals surface area contributed by atoms with E-state index >= 15 is 0 Å². The van der Waals surface area contributed by atoms with Gasteiger partial charge in [-0.2, -0.15) is 5.26 Å². The summed E-state index contributed by atoms with van der Waals surface area (Å²) >= 11 is 3.54. The number of nitrogens with zero attached hydrogens (tertiary/aromatic N) is 1. The summed E-state index contributed by atoms with van der Waals surface area (Å²) in [5, 5.41) is 12.9. The van der Waals surface area contributed by atoms with Gasteiger partial charge in [-0.1, -0.05) is 28.4 Å². The van der Waals surface area contributed by atoms with E-state index in [1.165, 1.54) is 41.3 Å². The molecule has 0 saturated heterocycles. The summed E-state index contributed by atoms with van der Waals surface area (Å²) in [7, 11) is 0. The lowest BCUT2D eigenvalue weighted by Crippen LogP contribution is -2.35. The zero-order chi connectivity index (χ0) is 13.2. The monoisotopic (exact) mass is 318 g/mol. The van der Waals surface area contributed by atoms with Crippen LogP contribution in [-0.2, 0) is 6.42 Å². The molecule has 100 valence electrons. The minimum atomic E-state index is 0.261. The quantitative estimate of drug-likeness (QED) is 0.890. The lowest BCUT2D eigenvalue weighted by Gasteiger charge is -2.29. The molecule has 0 radical (unpaired) electrons. The van der Waals surface area contributed by atoms with Crippen molar-refractivity contribution in [3.63, 3.8) is 0 Å². The Labute approximate surface area is 123 Å². The van der Waals surface area contributed by atoms with Crippen LogP contribution in [0.4, 0.5) is 0 Å². The van der Waals surface area contributed by atoms with Gasteiger partial charge in [0, 0.05) is 22.5 Å². The van der Waals surface area contributed by atoms with Crippen LogP contribution in [0.25, 0.3) is 0 Å². The fraction of sp³-hybridized carbons (Fsp3) is 0.562. The second kappa shape index (κ2) is 5.64. The summed E-state index contributed by atoms with van der Waals surface area (Å²) in [5.41, 5.74) is 2.93. The molecule has 0 amide bonds. The third kappa shape index (κ3) is 2.85. The van der Waals surface area contributed by atoms with Gasteiger partial charge in [0.1, 0.15) is 0 Å². The maximum Gasteiger partial charge on any atom is 0.0656 e. The highest BCUT2D eigenvalue weighted by atomic mass is 79.9. The third-order valence-corrected chi connectivity index (χ3v) is 4.97. The number of aryl methyl sites for hydroxylation is 1. The molecule has 1 aromatic rings. The van der Waals surface area contributed by atoms with Crippen molar-refractivity contribution in [2.24, 2.45) is 5.92 Å². The summed E-state index contributed by atoms with van der Waals surface area (Å²) in [4.78, 5) is 0. The van der Waals surface area contributed by atoms with E-state index in [9.17, 15) is 0 Å². The number of halogens is 1. The summed E-state index contributed by atoms with van der Waals surface area (Å²) in [6.45, 7) is 0. The molecule has 0 unspecified atom stereocenters. The summed E-state index contributed by atoms with van der Waals surface area (Å²) < 4.78 is 1.18. The number of fused-ring (bicyclic) bond motifs is 1.